The summed E-state index contributed by atoms with van der Waals surface area (Å²) in [7, 11) is 0. The first-order chi connectivity index (χ1) is 16.2. The van der Waals surface area contributed by atoms with Crippen LogP contribution in [-0.2, 0) is 11.4 Å². The van der Waals surface area contributed by atoms with Crippen molar-refractivity contribution < 1.29 is 27.4 Å². The van der Waals surface area contributed by atoms with Gasteiger partial charge in [0.1, 0.15) is 28.0 Å². The maximum Gasteiger partial charge on any atom is 0.387 e. The summed E-state index contributed by atoms with van der Waals surface area (Å²) >= 11 is 7.33. The van der Waals surface area contributed by atoms with Gasteiger partial charge >= 0.3 is 6.61 Å². The summed E-state index contributed by atoms with van der Waals surface area (Å²) in [4.78, 5) is 10.9. The van der Waals surface area contributed by atoms with E-state index in [-0.39, 0.29) is 27.2 Å². The number of halogens is 5. The second-order valence-corrected chi connectivity index (χ2v) is 11.4. The van der Waals surface area contributed by atoms with E-state index in [1.54, 1.807) is 20.8 Å². The number of nitrogens with zero attached hydrogens (tertiary/aromatic N) is 2. The van der Waals surface area contributed by atoms with Crippen LogP contribution in [0.5, 0.6) is 5.75 Å². The van der Waals surface area contributed by atoms with E-state index in [0.29, 0.717) is 0 Å². The molecule has 0 aromatic heterocycles. The second kappa shape index (κ2) is 12.1. The first-order valence-electron chi connectivity index (χ1n) is 9.95. The lowest BCUT2D eigenvalue weighted by Crippen LogP contribution is -2.45. The smallest absolute Gasteiger partial charge is 0.387 e. The van der Waals surface area contributed by atoms with Crippen LogP contribution < -0.4 is 14.8 Å². The summed E-state index contributed by atoms with van der Waals surface area (Å²) in [6.07, 6.45) is -0.274. The zero-order valence-electron chi connectivity index (χ0n) is 18.7. The summed E-state index contributed by atoms with van der Waals surface area (Å²) in [5, 5.41) is 24.2. The Morgan fingerprint density at radius 3 is 2.51 bits per heavy atom. The van der Waals surface area contributed by atoms with Gasteiger partial charge in [-0.15, -0.1) is 4.72 Å². The van der Waals surface area contributed by atoms with Gasteiger partial charge in [0.2, 0.25) is 0 Å². The number of nitro benzene ring substituents is 1. The van der Waals surface area contributed by atoms with E-state index in [4.69, 9.17) is 11.6 Å². The molecule has 2 unspecified atom stereocenters. The molecule has 0 aliphatic rings. The Morgan fingerprint density at radius 1 is 1.31 bits per heavy atom. The third-order valence-electron chi connectivity index (χ3n) is 4.57. The summed E-state index contributed by atoms with van der Waals surface area (Å²) in [6.45, 7) is 1.76. The van der Waals surface area contributed by atoms with Crippen LogP contribution in [0.2, 0.25) is 5.02 Å². The van der Waals surface area contributed by atoms with E-state index in [1.165, 1.54) is 12.1 Å². The lowest BCUT2D eigenvalue weighted by Gasteiger charge is -2.29. The maximum absolute atomic E-state index is 14.5. The van der Waals surface area contributed by atoms with Gasteiger partial charge in [0.05, 0.1) is 21.5 Å². The Balaban J connectivity index is 2.63. The molecule has 2 rings (SSSR count). The van der Waals surface area contributed by atoms with Crippen molar-refractivity contribution in [3.05, 3.63) is 61.3 Å². The Bertz CT molecular complexity index is 1120. The van der Waals surface area contributed by atoms with E-state index in [9.17, 15) is 33.1 Å². The molecule has 8 nitrogen and oxygen atoms in total. The molecule has 2 aromatic rings. The third-order valence-corrected chi connectivity index (χ3v) is 7.23. The molecule has 0 radical (unpaired) electrons. The van der Waals surface area contributed by atoms with Crippen LogP contribution in [0.25, 0.3) is 0 Å². The Kier molecular flexibility index (Phi) is 10.1. The number of rotatable bonds is 10. The largest absolute Gasteiger partial charge is 0.598 e. The highest BCUT2D eigenvalue weighted by Gasteiger charge is 2.33. The van der Waals surface area contributed by atoms with Gasteiger partial charge in [-0.05, 0) is 61.0 Å². The lowest BCUT2D eigenvalue weighted by molar-refractivity contribution is -0.384. The SMILES string of the molecule is CC(C)(C)[S+]([O-])NC(C#N)C[C@@H](Nc1cc(Cl)ccc1[N+](=O)[O-])c1c(OC(F)F)ccc(F)c1Br. The number of hydrogen-bond donors (Lipinski definition) is 2. The predicted molar refractivity (Wildman–Crippen MR) is 130 cm³/mol. The monoisotopic (exact) mass is 596 g/mol. The molecule has 190 valence electrons. The summed E-state index contributed by atoms with van der Waals surface area (Å²) in [5.41, 5.74) is -0.675. The topological polar surface area (TPSA) is 123 Å². The zero-order chi connectivity index (χ0) is 26.5. The van der Waals surface area contributed by atoms with Crippen molar-refractivity contribution in [3.63, 3.8) is 0 Å². The van der Waals surface area contributed by atoms with Crippen LogP contribution >= 0.6 is 27.5 Å². The van der Waals surface area contributed by atoms with E-state index in [0.717, 1.165) is 18.2 Å². The van der Waals surface area contributed by atoms with Crippen molar-refractivity contribution >= 4 is 50.3 Å². The molecule has 0 fully saturated rings. The molecular weight excluding hydrogens is 577 g/mol. The molecule has 0 aliphatic heterocycles. The lowest BCUT2D eigenvalue weighted by atomic mass is 9.98. The number of ether oxygens (including phenoxy) is 1. The van der Waals surface area contributed by atoms with E-state index in [2.05, 4.69) is 30.7 Å². The van der Waals surface area contributed by atoms with Crippen LogP contribution in [-0.4, -0.2) is 26.9 Å². The van der Waals surface area contributed by atoms with Gasteiger partial charge in [0.25, 0.3) is 5.69 Å². The van der Waals surface area contributed by atoms with Gasteiger partial charge < -0.3 is 14.6 Å². The molecule has 35 heavy (non-hydrogen) atoms. The molecular formula is C21H21BrClF3N4O4S. The molecule has 14 heteroatoms. The van der Waals surface area contributed by atoms with Gasteiger partial charge in [-0.1, -0.05) is 11.6 Å². The fraction of sp³-hybridized carbons (Fsp3) is 0.381. The molecule has 0 saturated carbocycles. The Labute approximate surface area is 216 Å². The van der Waals surface area contributed by atoms with Crippen molar-refractivity contribution in [2.24, 2.45) is 0 Å². The zero-order valence-corrected chi connectivity index (χ0v) is 21.8. The molecule has 0 amide bonds. The van der Waals surface area contributed by atoms with Gasteiger partial charge in [0, 0.05) is 34.4 Å². The van der Waals surface area contributed by atoms with Crippen LogP contribution in [0.4, 0.5) is 24.5 Å². The quantitative estimate of drug-likeness (QED) is 0.189. The van der Waals surface area contributed by atoms with Gasteiger partial charge in [-0.25, -0.2) is 4.39 Å². The van der Waals surface area contributed by atoms with E-state index >= 15 is 0 Å². The van der Waals surface area contributed by atoms with Crippen LogP contribution in [0.1, 0.15) is 38.8 Å². The number of nitrogens with one attached hydrogen (secondary N) is 2. The number of anilines is 1. The minimum absolute atomic E-state index is 0.111. The van der Waals surface area contributed by atoms with Gasteiger partial charge in [-0.3, -0.25) is 10.1 Å². The number of hydrogen-bond acceptors (Lipinski definition) is 7. The normalized spacial score (nSPS) is 14.2. The molecule has 0 bridgehead atoms. The average molecular weight is 598 g/mol. The number of benzene rings is 2. The van der Waals surface area contributed by atoms with Crippen LogP contribution in [0.3, 0.4) is 0 Å². The minimum atomic E-state index is -3.26. The first-order valence-corrected chi connectivity index (χ1v) is 12.3. The Morgan fingerprint density at radius 2 is 1.97 bits per heavy atom. The average Bonchev–Trinajstić information content (AvgIpc) is 2.74. The highest BCUT2D eigenvalue weighted by molar-refractivity contribution is 9.10. The predicted octanol–water partition coefficient (Wildman–Crippen LogP) is 6.24. The maximum atomic E-state index is 14.5. The molecule has 2 N–H and O–H groups in total. The highest BCUT2D eigenvalue weighted by atomic mass is 79.9. The highest BCUT2D eigenvalue weighted by Crippen LogP contribution is 2.41. The van der Waals surface area contributed by atoms with Crippen LogP contribution in [0.15, 0.2) is 34.8 Å². The minimum Gasteiger partial charge on any atom is -0.598 e. The fourth-order valence-electron chi connectivity index (χ4n) is 2.96. The molecule has 0 spiro atoms. The van der Waals surface area contributed by atoms with Crippen molar-refractivity contribution in [2.45, 2.75) is 50.6 Å². The standard InChI is InChI=1S/C21H21BrClF3N4O4S/c1-21(2,3)35(33)29-12(10-27)9-15(28-14-8-11(23)4-6-16(14)30(31)32)18-17(34-20(25)26)7-5-13(24)19(18)22/h4-8,12,15,20,28-29H,9H2,1-3H3/t12?,15-,35?/m1/s1. The molecule has 0 saturated heterocycles. The van der Waals surface area contributed by atoms with Crippen molar-refractivity contribution in [2.75, 3.05) is 5.32 Å². The van der Waals surface area contributed by atoms with Crippen molar-refractivity contribution in [1.29, 1.82) is 5.26 Å². The van der Waals surface area contributed by atoms with Gasteiger partial charge in [0.15, 0.2) is 0 Å². The van der Waals surface area contributed by atoms with Crippen LogP contribution in [0, 0.1) is 27.3 Å². The second-order valence-electron chi connectivity index (χ2n) is 8.18. The molecule has 0 aliphatic carbocycles. The first kappa shape index (κ1) is 29.0. The molecule has 3 atom stereocenters. The molecule has 0 heterocycles. The Hall–Kier alpha value is -2.24. The fourth-order valence-corrected chi connectivity index (χ4v) is 4.50. The molecule has 2 aromatic carbocycles. The number of nitro groups is 1. The van der Waals surface area contributed by atoms with Crippen molar-refractivity contribution in [3.8, 4) is 11.8 Å². The van der Waals surface area contributed by atoms with Crippen molar-refractivity contribution in [1.82, 2.24) is 4.72 Å². The van der Waals surface area contributed by atoms with Gasteiger partial charge in [-0.2, -0.15) is 14.0 Å². The number of alkyl halides is 2. The van der Waals surface area contributed by atoms with E-state index < -0.39 is 57.0 Å². The summed E-state index contributed by atoms with van der Waals surface area (Å²) < 4.78 is 59.5. The number of nitriles is 1. The third kappa shape index (κ3) is 7.88. The van der Waals surface area contributed by atoms with E-state index in [1.807, 2.05) is 6.07 Å². The summed E-state index contributed by atoms with van der Waals surface area (Å²) in [6, 6.07) is 5.12. The summed E-state index contributed by atoms with van der Waals surface area (Å²) in [5.74, 6) is -1.25.